The predicted octanol–water partition coefficient (Wildman–Crippen LogP) is 4.67. The average Bonchev–Trinajstić information content (AvgIpc) is 3.30. The van der Waals surface area contributed by atoms with Crippen LogP contribution in [-0.4, -0.2) is 46.8 Å². The van der Waals surface area contributed by atoms with Gasteiger partial charge < -0.3 is 9.64 Å². The lowest BCUT2D eigenvalue weighted by molar-refractivity contribution is 0.0675. The van der Waals surface area contributed by atoms with Gasteiger partial charge in [0.1, 0.15) is 6.33 Å². The largest absolute Gasteiger partial charge is 0.381 e. The molecule has 1 aliphatic rings. The van der Waals surface area contributed by atoms with Crippen molar-refractivity contribution in [1.29, 1.82) is 5.26 Å². The van der Waals surface area contributed by atoms with Gasteiger partial charge in [-0.2, -0.15) is 5.26 Å². The van der Waals surface area contributed by atoms with Gasteiger partial charge in [0.2, 0.25) is 0 Å². The number of fused-ring (bicyclic) bond motifs is 3. The van der Waals surface area contributed by atoms with Crippen molar-refractivity contribution in [2.75, 3.05) is 27.3 Å². The number of benzene rings is 2. The van der Waals surface area contributed by atoms with Crippen LogP contribution in [0.15, 0.2) is 64.6 Å². The molecule has 0 radical (unpaired) electrons. The fourth-order valence-electron chi connectivity index (χ4n) is 4.45. The molecule has 6 nitrogen and oxygen atoms in total. The summed E-state index contributed by atoms with van der Waals surface area (Å²) >= 11 is 1.73. The quantitative estimate of drug-likeness (QED) is 0.447. The lowest BCUT2D eigenvalue weighted by Gasteiger charge is -2.31. The zero-order valence-corrected chi connectivity index (χ0v) is 19.1. The Bertz CT molecular complexity index is 1320. The Kier molecular flexibility index (Phi) is 5.60. The van der Waals surface area contributed by atoms with E-state index in [1.807, 2.05) is 0 Å². The summed E-state index contributed by atoms with van der Waals surface area (Å²) in [5, 5.41) is 19.5. The fraction of sp³-hybridized carbons (Fsp3) is 0.320. The molecule has 2 aromatic heterocycles. The van der Waals surface area contributed by atoms with E-state index >= 15 is 0 Å². The second-order valence-corrected chi connectivity index (χ2v) is 9.74. The van der Waals surface area contributed by atoms with Crippen LogP contribution < -0.4 is 0 Å². The van der Waals surface area contributed by atoms with Gasteiger partial charge in [-0.1, -0.05) is 23.9 Å². The van der Waals surface area contributed by atoms with Gasteiger partial charge in [0, 0.05) is 40.5 Å². The molecule has 0 saturated carbocycles. The van der Waals surface area contributed by atoms with Crippen LogP contribution in [0.3, 0.4) is 0 Å². The summed E-state index contributed by atoms with van der Waals surface area (Å²) in [7, 11) is 4.12. The Morgan fingerprint density at radius 1 is 1.12 bits per heavy atom. The number of hydrogen-bond donors (Lipinski definition) is 0. The van der Waals surface area contributed by atoms with E-state index < -0.39 is 5.41 Å². The highest BCUT2D eigenvalue weighted by atomic mass is 32.2. The SMILES string of the molecule is CN(C)Cc1cc2cc(Sc3cccc(C4(C#N)CCOCC4)c3)ccc2n2cnnc12. The van der Waals surface area contributed by atoms with Gasteiger partial charge in [-0.05, 0) is 68.9 Å². The van der Waals surface area contributed by atoms with Crippen LogP contribution in [0, 0.1) is 11.3 Å². The summed E-state index contributed by atoms with van der Waals surface area (Å²) < 4.78 is 7.56. The number of hydrogen-bond acceptors (Lipinski definition) is 6. The zero-order valence-electron chi connectivity index (χ0n) is 18.3. The Balaban J connectivity index is 1.49. The van der Waals surface area contributed by atoms with Crippen molar-refractivity contribution in [3.63, 3.8) is 0 Å². The van der Waals surface area contributed by atoms with Crippen molar-refractivity contribution in [3.8, 4) is 6.07 Å². The minimum atomic E-state index is -0.445. The van der Waals surface area contributed by atoms with E-state index in [1.165, 1.54) is 0 Å². The van der Waals surface area contributed by atoms with Crippen molar-refractivity contribution in [3.05, 3.63) is 66.0 Å². The van der Waals surface area contributed by atoms with Crippen molar-refractivity contribution in [2.45, 2.75) is 34.6 Å². The first-order chi connectivity index (χ1) is 15.6. The maximum Gasteiger partial charge on any atom is 0.165 e. The summed E-state index contributed by atoms with van der Waals surface area (Å²) in [6.45, 7) is 2.09. The van der Waals surface area contributed by atoms with Gasteiger partial charge >= 0.3 is 0 Å². The molecule has 162 valence electrons. The zero-order chi connectivity index (χ0) is 22.1. The minimum absolute atomic E-state index is 0.445. The molecule has 0 unspecified atom stereocenters. The van der Waals surface area contributed by atoms with E-state index in [9.17, 15) is 5.26 Å². The number of nitriles is 1. The molecule has 0 amide bonds. The van der Waals surface area contributed by atoms with E-state index in [4.69, 9.17) is 4.74 Å². The predicted molar refractivity (Wildman–Crippen MR) is 126 cm³/mol. The monoisotopic (exact) mass is 443 g/mol. The molecule has 1 aliphatic heterocycles. The third kappa shape index (κ3) is 3.86. The van der Waals surface area contributed by atoms with Crippen LogP contribution in [0.4, 0.5) is 0 Å². The number of rotatable bonds is 5. The molecule has 1 saturated heterocycles. The van der Waals surface area contributed by atoms with Crippen LogP contribution >= 0.6 is 11.8 Å². The van der Waals surface area contributed by atoms with Crippen LogP contribution in [0.1, 0.15) is 24.0 Å². The molecule has 3 heterocycles. The minimum Gasteiger partial charge on any atom is -0.381 e. The van der Waals surface area contributed by atoms with Gasteiger partial charge in [-0.15, -0.1) is 10.2 Å². The molecule has 0 aliphatic carbocycles. The second kappa shape index (κ2) is 8.55. The van der Waals surface area contributed by atoms with E-state index in [2.05, 4.69) is 88.2 Å². The summed E-state index contributed by atoms with van der Waals surface area (Å²) in [4.78, 5) is 4.44. The first-order valence-corrected chi connectivity index (χ1v) is 11.6. The third-order valence-corrected chi connectivity index (χ3v) is 7.07. The molecular formula is C25H25N5OS. The second-order valence-electron chi connectivity index (χ2n) is 8.59. The standard InChI is InChI=1S/C25H25N5OS/c1-29(2)15-19-12-18-13-22(6-7-23(18)30-17-27-28-24(19)30)32-21-5-3-4-20(14-21)25(16-26)8-10-31-11-9-25/h3-7,12-14,17H,8-11,15H2,1-2H3. The molecule has 4 aromatic rings. The summed E-state index contributed by atoms with van der Waals surface area (Å²) in [5.41, 5.74) is 3.79. The Labute approximate surface area is 191 Å². The van der Waals surface area contributed by atoms with E-state index in [-0.39, 0.29) is 0 Å². The van der Waals surface area contributed by atoms with Crippen LogP contribution in [0.2, 0.25) is 0 Å². The molecule has 0 spiro atoms. The van der Waals surface area contributed by atoms with Crippen LogP contribution in [0.5, 0.6) is 0 Å². The van der Waals surface area contributed by atoms with Gasteiger partial charge in [-0.3, -0.25) is 4.40 Å². The summed E-state index contributed by atoms with van der Waals surface area (Å²) in [6, 6.07) is 19.7. The Morgan fingerprint density at radius 3 is 2.72 bits per heavy atom. The van der Waals surface area contributed by atoms with Crippen molar-refractivity contribution >= 4 is 28.3 Å². The van der Waals surface area contributed by atoms with Gasteiger partial charge in [-0.25, -0.2) is 0 Å². The lowest BCUT2D eigenvalue weighted by Crippen LogP contribution is -2.32. The van der Waals surface area contributed by atoms with E-state index in [0.29, 0.717) is 13.2 Å². The van der Waals surface area contributed by atoms with Gasteiger partial charge in [0.05, 0.1) is 17.0 Å². The average molecular weight is 444 g/mol. The third-order valence-electron chi connectivity index (χ3n) is 6.09. The molecule has 5 rings (SSSR count). The van der Waals surface area contributed by atoms with E-state index in [1.54, 1.807) is 18.1 Å². The Morgan fingerprint density at radius 2 is 1.94 bits per heavy atom. The molecular weight excluding hydrogens is 418 g/mol. The van der Waals surface area contributed by atoms with Gasteiger partial charge in [0.15, 0.2) is 5.65 Å². The molecule has 2 aromatic carbocycles. The molecule has 0 bridgehead atoms. The highest BCUT2D eigenvalue weighted by molar-refractivity contribution is 7.99. The van der Waals surface area contributed by atoms with E-state index in [0.717, 1.165) is 56.9 Å². The molecule has 1 fully saturated rings. The molecule has 7 heteroatoms. The van der Waals surface area contributed by atoms with Crippen LogP contribution in [0.25, 0.3) is 16.6 Å². The van der Waals surface area contributed by atoms with Gasteiger partial charge in [0.25, 0.3) is 0 Å². The molecule has 32 heavy (non-hydrogen) atoms. The first kappa shape index (κ1) is 21.0. The first-order valence-electron chi connectivity index (χ1n) is 10.8. The summed E-state index contributed by atoms with van der Waals surface area (Å²) in [5.74, 6) is 0. The normalized spacial score (nSPS) is 15.9. The van der Waals surface area contributed by atoms with Crippen molar-refractivity contribution < 1.29 is 4.74 Å². The molecule has 0 atom stereocenters. The maximum absolute atomic E-state index is 9.92. The highest BCUT2D eigenvalue weighted by Gasteiger charge is 2.34. The highest BCUT2D eigenvalue weighted by Crippen LogP contribution is 2.38. The number of pyridine rings is 1. The van der Waals surface area contributed by atoms with Crippen molar-refractivity contribution in [1.82, 2.24) is 19.5 Å². The molecule has 0 N–H and O–H groups in total. The number of nitrogens with zero attached hydrogens (tertiary/aromatic N) is 5. The summed E-state index contributed by atoms with van der Waals surface area (Å²) in [6.07, 6.45) is 3.27. The van der Waals surface area contributed by atoms with Crippen LogP contribution in [-0.2, 0) is 16.7 Å². The fourth-order valence-corrected chi connectivity index (χ4v) is 5.38. The smallest absolute Gasteiger partial charge is 0.165 e. The number of aromatic nitrogens is 3. The number of ether oxygens (including phenoxy) is 1. The lowest BCUT2D eigenvalue weighted by atomic mass is 9.75. The van der Waals surface area contributed by atoms with Crippen molar-refractivity contribution in [2.24, 2.45) is 0 Å². The Hall–Kier alpha value is -2.92. The maximum atomic E-state index is 9.92. The topological polar surface area (TPSA) is 66.5 Å².